The second kappa shape index (κ2) is 6.70. The van der Waals surface area contributed by atoms with Gasteiger partial charge in [0.1, 0.15) is 0 Å². The van der Waals surface area contributed by atoms with Crippen molar-refractivity contribution in [2.45, 2.75) is 32.2 Å². The molecule has 0 bridgehead atoms. The molecule has 1 N–H and O–H groups in total. The molecule has 1 aromatic carbocycles. The van der Waals surface area contributed by atoms with Crippen LogP contribution in [-0.4, -0.2) is 45.2 Å². The van der Waals surface area contributed by atoms with Crippen LogP contribution in [0.1, 0.15) is 24.0 Å². The first-order valence-corrected chi connectivity index (χ1v) is 9.07. The molecule has 0 spiro atoms. The van der Waals surface area contributed by atoms with Crippen molar-refractivity contribution in [3.05, 3.63) is 35.4 Å². The van der Waals surface area contributed by atoms with E-state index in [2.05, 4.69) is 40.8 Å². The Labute approximate surface area is 122 Å². The molecule has 2 rings (SSSR count). The van der Waals surface area contributed by atoms with Crippen molar-refractivity contribution in [1.82, 2.24) is 9.62 Å². The summed E-state index contributed by atoms with van der Waals surface area (Å²) in [7, 11) is -3.07. The number of hydrogen-bond acceptors (Lipinski definition) is 3. The maximum Gasteiger partial charge on any atom is 0.208 e. The normalized spacial score (nSPS) is 20.4. The molecule has 0 amide bonds. The van der Waals surface area contributed by atoms with Gasteiger partial charge < -0.3 is 0 Å². The van der Waals surface area contributed by atoms with Crippen molar-refractivity contribution in [2.24, 2.45) is 0 Å². The third-order valence-electron chi connectivity index (χ3n) is 3.85. The summed E-state index contributed by atoms with van der Waals surface area (Å²) in [6.45, 7) is 4.47. The van der Waals surface area contributed by atoms with E-state index in [-0.39, 0.29) is 0 Å². The molecular formula is C15H24N2O2S. The molecule has 0 unspecified atom stereocenters. The zero-order chi connectivity index (χ0) is 14.6. The summed E-state index contributed by atoms with van der Waals surface area (Å²) in [6, 6.07) is 9.24. The predicted octanol–water partition coefficient (Wildman–Crippen LogP) is 1.55. The topological polar surface area (TPSA) is 49.4 Å². The largest absolute Gasteiger partial charge is 0.299 e. The molecule has 20 heavy (non-hydrogen) atoms. The zero-order valence-electron chi connectivity index (χ0n) is 12.3. The van der Waals surface area contributed by atoms with E-state index in [1.54, 1.807) is 0 Å². The minimum absolute atomic E-state index is 0.503. The summed E-state index contributed by atoms with van der Waals surface area (Å²) >= 11 is 0. The highest BCUT2D eigenvalue weighted by atomic mass is 32.2. The number of sulfonamides is 1. The van der Waals surface area contributed by atoms with Gasteiger partial charge in [-0.1, -0.05) is 29.8 Å². The van der Waals surface area contributed by atoms with Gasteiger partial charge in [-0.2, -0.15) is 0 Å². The van der Waals surface area contributed by atoms with Gasteiger partial charge in [0.05, 0.1) is 6.26 Å². The SMILES string of the molecule is Cc1ccc(C[C@@H]2CCCN2CCNS(C)(=O)=O)cc1. The fourth-order valence-corrected chi connectivity index (χ4v) is 3.25. The zero-order valence-corrected chi connectivity index (χ0v) is 13.1. The van der Waals surface area contributed by atoms with Crippen LogP contribution in [0.3, 0.4) is 0 Å². The lowest BCUT2D eigenvalue weighted by Crippen LogP contribution is -2.38. The van der Waals surface area contributed by atoms with Crippen LogP contribution in [0.2, 0.25) is 0 Å². The second-order valence-electron chi connectivity index (χ2n) is 5.69. The van der Waals surface area contributed by atoms with Crippen molar-refractivity contribution >= 4 is 10.0 Å². The molecule has 1 aliphatic rings. The number of rotatable bonds is 6. The minimum Gasteiger partial charge on any atom is -0.299 e. The number of nitrogens with one attached hydrogen (secondary N) is 1. The van der Waals surface area contributed by atoms with Crippen LogP contribution >= 0.6 is 0 Å². The van der Waals surface area contributed by atoms with E-state index in [9.17, 15) is 8.42 Å². The molecule has 1 fully saturated rings. The molecule has 0 saturated carbocycles. The average molecular weight is 296 g/mol. The third-order valence-corrected chi connectivity index (χ3v) is 4.58. The number of nitrogens with zero attached hydrogens (tertiary/aromatic N) is 1. The Bertz CT molecular complexity index is 525. The third kappa shape index (κ3) is 4.89. The first kappa shape index (κ1) is 15.5. The van der Waals surface area contributed by atoms with E-state index in [1.807, 2.05) is 0 Å². The van der Waals surface area contributed by atoms with Crippen LogP contribution in [0, 0.1) is 6.92 Å². The van der Waals surface area contributed by atoms with Crippen molar-refractivity contribution in [3.63, 3.8) is 0 Å². The highest BCUT2D eigenvalue weighted by molar-refractivity contribution is 7.88. The predicted molar refractivity (Wildman–Crippen MR) is 82.3 cm³/mol. The number of aryl methyl sites for hydroxylation is 1. The Morgan fingerprint density at radius 1 is 1.30 bits per heavy atom. The van der Waals surface area contributed by atoms with Gasteiger partial charge in [0.25, 0.3) is 0 Å². The quantitative estimate of drug-likeness (QED) is 0.866. The first-order valence-electron chi connectivity index (χ1n) is 7.18. The Balaban J connectivity index is 1.85. The van der Waals surface area contributed by atoms with Gasteiger partial charge in [-0.15, -0.1) is 0 Å². The summed E-state index contributed by atoms with van der Waals surface area (Å²) in [5, 5.41) is 0. The van der Waals surface area contributed by atoms with Crippen molar-refractivity contribution in [1.29, 1.82) is 0 Å². The summed E-state index contributed by atoms with van der Waals surface area (Å²) in [5.41, 5.74) is 2.65. The molecule has 0 radical (unpaired) electrons. The van der Waals surface area contributed by atoms with Crippen LogP contribution in [0.25, 0.3) is 0 Å². The summed E-state index contributed by atoms with van der Waals surface area (Å²) in [5.74, 6) is 0. The van der Waals surface area contributed by atoms with Crippen LogP contribution in [0.5, 0.6) is 0 Å². The van der Waals surface area contributed by atoms with Gasteiger partial charge in [-0.25, -0.2) is 13.1 Å². The highest BCUT2D eigenvalue weighted by Gasteiger charge is 2.24. The molecule has 1 saturated heterocycles. The molecule has 5 heteroatoms. The van der Waals surface area contributed by atoms with E-state index >= 15 is 0 Å². The molecule has 0 aromatic heterocycles. The van der Waals surface area contributed by atoms with Crippen LogP contribution < -0.4 is 4.72 Å². The van der Waals surface area contributed by atoms with Crippen LogP contribution in [0.15, 0.2) is 24.3 Å². The molecule has 1 heterocycles. The Hall–Kier alpha value is -0.910. The van der Waals surface area contributed by atoms with E-state index in [4.69, 9.17) is 0 Å². The van der Waals surface area contributed by atoms with Gasteiger partial charge in [-0.05, 0) is 38.3 Å². The van der Waals surface area contributed by atoms with Gasteiger partial charge >= 0.3 is 0 Å². The Morgan fingerprint density at radius 2 is 2.00 bits per heavy atom. The lowest BCUT2D eigenvalue weighted by atomic mass is 10.0. The lowest BCUT2D eigenvalue weighted by Gasteiger charge is -2.24. The van der Waals surface area contributed by atoms with E-state index in [0.29, 0.717) is 12.6 Å². The molecule has 1 aliphatic heterocycles. The number of hydrogen-bond donors (Lipinski definition) is 1. The number of likely N-dealkylation sites (tertiary alicyclic amines) is 1. The fourth-order valence-electron chi connectivity index (χ4n) is 2.79. The Kier molecular flexibility index (Phi) is 5.18. The van der Waals surface area contributed by atoms with Gasteiger partial charge in [0.15, 0.2) is 0 Å². The summed E-state index contributed by atoms with van der Waals surface area (Å²) < 4.78 is 24.7. The maximum absolute atomic E-state index is 11.1. The maximum atomic E-state index is 11.1. The van der Waals surface area contributed by atoms with Crippen LogP contribution in [0.4, 0.5) is 0 Å². The smallest absolute Gasteiger partial charge is 0.208 e. The standard InChI is InChI=1S/C15H24N2O2S/c1-13-5-7-14(8-6-13)12-15-4-3-10-17(15)11-9-16-20(2,18)19/h5-8,15-16H,3-4,9-12H2,1-2H3/t15-/m0/s1. The molecule has 112 valence electrons. The molecule has 4 nitrogen and oxygen atoms in total. The minimum atomic E-state index is -3.07. The first-order chi connectivity index (χ1) is 9.44. The van der Waals surface area contributed by atoms with Gasteiger partial charge in [0.2, 0.25) is 10.0 Å². The van der Waals surface area contributed by atoms with Gasteiger partial charge in [0, 0.05) is 19.1 Å². The van der Waals surface area contributed by atoms with Crippen molar-refractivity contribution < 1.29 is 8.42 Å². The summed E-state index contributed by atoms with van der Waals surface area (Å²) in [6.07, 6.45) is 4.67. The molecular weight excluding hydrogens is 272 g/mol. The van der Waals surface area contributed by atoms with E-state index in [1.165, 1.54) is 30.2 Å². The monoisotopic (exact) mass is 296 g/mol. The van der Waals surface area contributed by atoms with Crippen LogP contribution in [-0.2, 0) is 16.4 Å². The van der Waals surface area contributed by atoms with E-state index < -0.39 is 10.0 Å². The van der Waals surface area contributed by atoms with Crippen molar-refractivity contribution in [3.8, 4) is 0 Å². The number of benzene rings is 1. The molecule has 1 aromatic rings. The fraction of sp³-hybridized carbons (Fsp3) is 0.600. The van der Waals surface area contributed by atoms with Crippen molar-refractivity contribution in [2.75, 3.05) is 25.9 Å². The van der Waals surface area contributed by atoms with Gasteiger partial charge in [-0.3, -0.25) is 4.90 Å². The van der Waals surface area contributed by atoms with E-state index in [0.717, 1.165) is 19.5 Å². The second-order valence-corrected chi connectivity index (χ2v) is 7.52. The summed E-state index contributed by atoms with van der Waals surface area (Å²) in [4.78, 5) is 2.40. The molecule has 1 atom stereocenters. The molecule has 0 aliphatic carbocycles. The highest BCUT2D eigenvalue weighted by Crippen LogP contribution is 2.20. The Morgan fingerprint density at radius 3 is 2.65 bits per heavy atom. The lowest BCUT2D eigenvalue weighted by molar-refractivity contribution is 0.257. The average Bonchev–Trinajstić information content (AvgIpc) is 2.78.